The molecule has 1 aromatic rings. The van der Waals surface area contributed by atoms with Crippen LogP contribution < -0.4 is 5.73 Å². The van der Waals surface area contributed by atoms with Gasteiger partial charge in [0, 0.05) is 12.2 Å². The van der Waals surface area contributed by atoms with Gasteiger partial charge < -0.3 is 5.73 Å². The van der Waals surface area contributed by atoms with Gasteiger partial charge in [0.1, 0.15) is 6.17 Å². The first-order valence-corrected chi connectivity index (χ1v) is 4.73. The molecular formula is C9H14FN3. The summed E-state index contributed by atoms with van der Waals surface area (Å²) >= 11 is 0. The summed E-state index contributed by atoms with van der Waals surface area (Å²) in [6.45, 7) is 2.76. The Bertz CT molecular complexity index is 319. The largest absolute Gasteiger partial charge is 0.382 e. The fourth-order valence-corrected chi connectivity index (χ4v) is 1.99. The molecule has 0 saturated carbocycles. The van der Waals surface area contributed by atoms with E-state index in [9.17, 15) is 4.39 Å². The molecule has 0 amide bonds. The molecule has 2 rings (SSSR count). The van der Waals surface area contributed by atoms with Gasteiger partial charge in [-0.3, -0.25) is 4.68 Å². The molecule has 1 atom stereocenters. The Morgan fingerprint density at radius 1 is 1.69 bits per heavy atom. The second-order valence-corrected chi connectivity index (χ2v) is 3.42. The zero-order valence-corrected chi connectivity index (χ0v) is 7.76. The van der Waals surface area contributed by atoms with E-state index in [2.05, 4.69) is 5.10 Å². The predicted octanol–water partition coefficient (Wildman–Crippen LogP) is 1.83. The van der Waals surface area contributed by atoms with Gasteiger partial charge >= 0.3 is 0 Å². The van der Waals surface area contributed by atoms with Crippen molar-refractivity contribution in [3.05, 3.63) is 11.3 Å². The molecule has 0 bridgehead atoms. The van der Waals surface area contributed by atoms with Crippen molar-refractivity contribution < 1.29 is 4.39 Å². The van der Waals surface area contributed by atoms with E-state index in [1.807, 2.05) is 11.6 Å². The van der Waals surface area contributed by atoms with E-state index >= 15 is 0 Å². The SMILES string of the molecule is CCn1nc(N)c2c1CCCC2F. The van der Waals surface area contributed by atoms with Crippen molar-refractivity contribution in [3.8, 4) is 0 Å². The molecule has 1 unspecified atom stereocenters. The van der Waals surface area contributed by atoms with Crippen LogP contribution in [0.1, 0.15) is 37.2 Å². The van der Waals surface area contributed by atoms with Gasteiger partial charge in [0.05, 0.1) is 5.56 Å². The summed E-state index contributed by atoms with van der Waals surface area (Å²) in [5.74, 6) is 0.379. The number of alkyl halides is 1. The van der Waals surface area contributed by atoms with Crippen LogP contribution in [0.4, 0.5) is 10.2 Å². The highest BCUT2D eigenvalue weighted by Gasteiger charge is 2.26. The third-order valence-electron chi connectivity index (χ3n) is 2.61. The van der Waals surface area contributed by atoms with Gasteiger partial charge in [-0.2, -0.15) is 5.10 Å². The maximum absolute atomic E-state index is 13.5. The number of nitrogen functional groups attached to an aromatic ring is 1. The van der Waals surface area contributed by atoms with Gasteiger partial charge in [-0.1, -0.05) is 0 Å². The summed E-state index contributed by atoms with van der Waals surface area (Å²) in [5.41, 5.74) is 7.30. The van der Waals surface area contributed by atoms with Crippen LogP contribution in [-0.4, -0.2) is 9.78 Å². The molecule has 0 aliphatic heterocycles. The van der Waals surface area contributed by atoms with Gasteiger partial charge in [-0.05, 0) is 26.2 Å². The minimum absolute atomic E-state index is 0.379. The maximum Gasteiger partial charge on any atom is 0.151 e. The Morgan fingerprint density at radius 2 is 2.46 bits per heavy atom. The lowest BCUT2D eigenvalue weighted by atomic mass is 9.95. The number of anilines is 1. The molecule has 2 N–H and O–H groups in total. The highest BCUT2D eigenvalue weighted by molar-refractivity contribution is 5.45. The summed E-state index contributed by atoms with van der Waals surface area (Å²) in [5, 5.41) is 4.12. The molecule has 13 heavy (non-hydrogen) atoms. The highest BCUT2D eigenvalue weighted by atomic mass is 19.1. The van der Waals surface area contributed by atoms with E-state index < -0.39 is 6.17 Å². The van der Waals surface area contributed by atoms with Crippen molar-refractivity contribution in [3.63, 3.8) is 0 Å². The van der Waals surface area contributed by atoms with Crippen LogP contribution in [0.15, 0.2) is 0 Å². The lowest BCUT2D eigenvalue weighted by molar-refractivity contribution is 0.300. The van der Waals surface area contributed by atoms with E-state index in [1.165, 1.54) is 0 Å². The standard InChI is InChI=1S/C9H14FN3/c1-2-13-7-5-3-4-6(10)8(7)9(11)12-13/h6H,2-5H2,1H3,(H2,11,12). The molecule has 1 aliphatic carbocycles. The van der Waals surface area contributed by atoms with Crippen LogP contribution in [-0.2, 0) is 13.0 Å². The fourth-order valence-electron chi connectivity index (χ4n) is 1.99. The third kappa shape index (κ3) is 1.20. The molecule has 1 aromatic heterocycles. The van der Waals surface area contributed by atoms with Gasteiger partial charge in [0.2, 0.25) is 0 Å². The summed E-state index contributed by atoms with van der Waals surface area (Å²) in [4.78, 5) is 0. The Kier molecular flexibility index (Phi) is 1.98. The topological polar surface area (TPSA) is 43.8 Å². The van der Waals surface area contributed by atoms with Gasteiger partial charge in [-0.25, -0.2) is 4.39 Å². The van der Waals surface area contributed by atoms with Crippen molar-refractivity contribution in [2.24, 2.45) is 0 Å². The Morgan fingerprint density at radius 3 is 3.15 bits per heavy atom. The van der Waals surface area contributed by atoms with E-state index in [0.29, 0.717) is 17.8 Å². The normalized spacial score (nSPS) is 21.5. The average molecular weight is 183 g/mol. The van der Waals surface area contributed by atoms with Crippen molar-refractivity contribution >= 4 is 5.82 Å². The second-order valence-electron chi connectivity index (χ2n) is 3.42. The number of fused-ring (bicyclic) bond motifs is 1. The molecule has 0 aromatic carbocycles. The maximum atomic E-state index is 13.5. The molecule has 72 valence electrons. The monoisotopic (exact) mass is 183 g/mol. The number of nitrogens with two attached hydrogens (primary N) is 1. The van der Waals surface area contributed by atoms with Crippen LogP contribution in [0.3, 0.4) is 0 Å². The number of aryl methyl sites for hydroxylation is 1. The quantitative estimate of drug-likeness (QED) is 0.721. The van der Waals surface area contributed by atoms with Crippen LogP contribution in [0, 0.1) is 0 Å². The van der Waals surface area contributed by atoms with Crippen LogP contribution in [0.2, 0.25) is 0 Å². The van der Waals surface area contributed by atoms with Crippen molar-refractivity contribution in [2.75, 3.05) is 5.73 Å². The number of nitrogens with zero attached hydrogens (tertiary/aromatic N) is 2. The first-order valence-electron chi connectivity index (χ1n) is 4.73. The first kappa shape index (κ1) is 8.53. The lowest BCUT2D eigenvalue weighted by Gasteiger charge is -2.16. The van der Waals surface area contributed by atoms with Gasteiger partial charge in [-0.15, -0.1) is 0 Å². The Balaban J connectivity index is 2.51. The van der Waals surface area contributed by atoms with Crippen molar-refractivity contribution in [1.82, 2.24) is 9.78 Å². The molecule has 0 radical (unpaired) electrons. The summed E-state index contributed by atoms with van der Waals surface area (Å²) in [6.07, 6.45) is 1.50. The molecule has 1 heterocycles. The number of hydrogen-bond acceptors (Lipinski definition) is 2. The molecular weight excluding hydrogens is 169 g/mol. The van der Waals surface area contributed by atoms with Gasteiger partial charge in [0.15, 0.2) is 5.82 Å². The Labute approximate surface area is 76.7 Å². The molecule has 0 saturated heterocycles. The summed E-state index contributed by atoms with van der Waals surface area (Å²) < 4.78 is 15.3. The van der Waals surface area contributed by atoms with Crippen LogP contribution in [0.5, 0.6) is 0 Å². The molecule has 1 aliphatic rings. The number of halogens is 1. The summed E-state index contributed by atoms with van der Waals surface area (Å²) in [7, 11) is 0. The van der Waals surface area contributed by atoms with Crippen LogP contribution in [0.25, 0.3) is 0 Å². The van der Waals surface area contributed by atoms with Crippen LogP contribution >= 0.6 is 0 Å². The smallest absolute Gasteiger partial charge is 0.151 e. The molecule has 4 heteroatoms. The zero-order valence-electron chi connectivity index (χ0n) is 7.76. The van der Waals surface area contributed by atoms with E-state index in [0.717, 1.165) is 25.1 Å². The van der Waals surface area contributed by atoms with E-state index in [1.54, 1.807) is 0 Å². The van der Waals surface area contributed by atoms with E-state index in [4.69, 9.17) is 5.73 Å². The second kappa shape index (κ2) is 3.01. The number of aromatic nitrogens is 2. The average Bonchev–Trinajstić information content (AvgIpc) is 2.44. The third-order valence-corrected chi connectivity index (χ3v) is 2.61. The number of rotatable bonds is 1. The highest BCUT2D eigenvalue weighted by Crippen LogP contribution is 2.35. The van der Waals surface area contributed by atoms with Crippen molar-refractivity contribution in [2.45, 2.75) is 38.9 Å². The minimum Gasteiger partial charge on any atom is -0.382 e. The lowest BCUT2D eigenvalue weighted by Crippen LogP contribution is -2.10. The van der Waals surface area contributed by atoms with E-state index in [-0.39, 0.29) is 0 Å². The predicted molar refractivity (Wildman–Crippen MR) is 49.1 cm³/mol. The zero-order chi connectivity index (χ0) is 9.42. The minimum atomic E-state index is -0.899. The fraction of sp³-hybridized carbons (Fsp3) is 0.667. The molecule has 0 fully saturated rings. The Hall–Kier alpha value is -1.06. The van der Waals surface area contributed by atoms with Crippen molar-refractivity contribution in [1.29, 1.82) is 0 Å². The molecule has 3 nitrogen and oxygen atoms in total. The first-order chi connectivity index (χ1) is 6.24. The number of hydrogen-bond donors (Lipinski definition) is 1. The molecule has 0 spiro atoms. The summed E-state index contributed by atoms with van der Waals surface area (Å²) in [6, 6.07) is 0. The van der Waals surface area contributed by atoms with Gasteiger partial charge in [0.25, 0.3) is 0 Å².